The lowest BCUT2D eigenvalue weighted by molar-refractivity contribution is -0.120. The summed E-state index contributed by atoms with van der Waals surface area (Å²) in [5.41, 5.74) is 1.10. The molecule has 0 atom stereocenters. The van der Waals surface area contributed by atoms with Crippen LogP contribution in [-0.4, -0.2) is 26.6 Å². The molecule has 1 aliphatic carbocycles. The molecule has 7 heteroatoms. The second-order valence-electron chi connectivity index (χ2n) is 6.23. The van der Waals surface area contributed by atoms with E-state index in [0.29, 0.717) is 29.4 Å². The predicted molar refractivity (Wildman–Crippen MR) is 92.4 cm³/mol. The molecule has 0 aromatic heterocycles. The molecular formula is C16H21ClN2O3S. The summed E-state index contributed by atoms with van der Waals surface area (Å²) in [6.45, 7) is 0.479. The van der Waals surface area contributed by atoms with Crippen molar-refractivity contribution < 1.29 is 13.2 Å². The van der Waals surface area contributed by atoms with Gasteiger partial charge >= 0.3 is 0 Å². The third-order valence-electron chi connectivity index (χ3n) is 4.57. The highest BCUT2D eigenvalue weighted by Gasteiger charge is 2.29. The summed E-state index contributed by atoms with van der Waals surface area (Å²) >= 11 is 6.25. The molecule has 1 N–H and O–H groups in total. The van der Waals surface area contributed by atoms with Crippen LogP contribution in [0, 0.1) is 5.92 Å². The normalized spacial score (nSPS) is 21.3. The summed E-state index contributed by atoms with van der Waals surface area (Å²) in [6.07, 6.45) is 5.86. The van der Waals surface area contributed by atoms with E-state index in [2.05, 4.69) is 5.32 Å². The van der Waals surface area contributed by atoms with Gasteiger partial charge in [-0.2, -0.15) is 0 Å². The number of nitrogens with zero attached hydrogens (tertiary/aromatic N) is 1. The number of carbonyl (C=O) groups excluding carboxylic acids is 1. The van der Waals surface area contributed by atoms with E-state index in [-0.39, 0.29) is 17.6 Å². The molecule has 5 nitrogen and oxygen atoms in total. The van der Waals surface area contributed by atoms with Gasteiger partial charge in [0.25, 0.3) is 0 Å². The molecule has 1 amide bonds. The minimum Gasteiger partial charge on any atom is -0.325 e. The van der Waals surface area contributed by atoms with E-state index in [1.807, 2.05) is 0 Å². The number of halogens is 1. The Labute approximate surface area is 142 Å². The maximum absolute atomic E-state index is 12.3. The summed E-state index contributed by atoms with van der Waals surface area (Å²) < 4.78 is 25.3. The Morgan fingerprint density at radius 3 is 2.52 bits per heavy atom. The van der Waals surface area contributed by atoms with Crippen molar-refractivity contribution in [3.05, 3.63) is 23.2 Å². The topological polar surface area (TPSA) is 66.5 Å². The molecule has 2 aliphatic rings. The highest BCUT2D eigenvalue weighted by atomic mass is 35.5. The number of hydrogen-bond donors (Lipinski definition) is 1. The van der Waals surface area contributed by atoms with E-state index >= 15 is 0 Å². The van der Waals surface area contributed by atoms with Gasteiger partial charge < -0.3 is 5.32 Å². The van der Waals surface area contributed by atoms with Crippen molar-refractivity contribution >= 4 is 38.9 Å². The summed E-state index contributed by atoms with van der Waals surface area (Å²) in [6, 6.07) is 5.00. The van der Waals surface area contributed by atoms with E-state index in [1.54, 1.807) is 18.2 Å². The van der Waals surface area contributed by atoms with Gasteiger partial charge in [0.2, 0.25) is 15.9 Å². The van der Waals surface area contributed by atoms with Gasteiger partial charge in [0.15, 0.2) is 0 Å². The summed E-state index contributed by atoms with van der Waals surface area (Å²) in [5, 5.41) is 3.25. The number of nitrogens with one attached hydrogen (secondary N) is 1. The van der Waals surface area contributed by atoms with Crippen molar-refractivity contribution in [2.45, 2.75) is 38.5 Å². The number of hydrogen-bond acceptors (Lipinski definition) is 3. The van der Waals surface area contributed by atoms with Crippen LogP contribution in [0.1, 0.15) is 38.5 Å². The fourth-order valence-electron chi connectivity index (χ4n) is 3.29. The first-order valence-corrected chi connectivity index (χ1v) is 10.1. The maximum atomic E-state index is 12.3. The predicted octanol–water partition coefficient (Wildman–Crippen LogP) is 3.40. The van der Waals surface area contributed by atoms with E-state index in [1.165, 1.54) is 10.7 Å². The Morgan fingerprint density at radius 1 is 1.17 bits per heavy atom. The molecule has 1 saturated carbocycles. The molecular weight excluding hydrogens is 336 g/mol. The molecule has 1 aromatic rings. The third-order valence-corrected chi connectivity index (χ3v) is 6.76. The monoisotopic (exact) mass is 356 g/mol. The maximum Gasteiger partial charge on any atom is 0.235 e. The molecule has 1 saturated heterocycles. The molecule has 1 aromatic carbocycles. The minimum absolute atomic E-state index is 0.00754. The number of amides is 1. The van der Waals surface area contributed by atoms with Gasteiger partial charge in [0, 0.05) is 12.5 Å². The van der Waals surface area contributed by atoms with Gasteiger partial charge in [-0.3, -0.25) is 9.10 Å². The van der Waals surface area contributed by atoms with Crippen LogP contribution in [0.2, 0.25) is 5.02 Å². The van der Waals surface area contributed by atoms with Crippen LogP contribution in [0.25, 0.3) is 0 Å². The molecule has 23 heavy (non-hydrogen) atoms. The molecule has 3 rings (SSSR count). The lowest BCUT2D eigenvalue weighted by Crippen LogP contribution is -2.26. The van der Waals surface area contributed by atoms with Gasteiger partial charge in [0.05, 0.1) is 22.2 Å². The highest BCUT2D eigenvalue weighted by molar-refractivity contribution is 7.93. The SMILES string of the molecule is O=C(Nc1ccc(N2CCCS2(=O)=O)cc1Cl)C1CCCCC1. The van der Waals surface area contributed by atoms with Gasteiger partial charge in [-0.25, -0.2) is 8.42 Å². The molecule has 0 bridgehead atoms. The quantitative estimate of drug-likeness (QED) is 0.902. The van der Waals surface area contributed by atoms with Crippen LogP contribution < -0.4 is 9.62 Å². The summed E-state index contributed by atoms with van der Waals surface area (Å²) in [7, 11) is -3.22. The lowest BCUT2D eigenvalue weighted by Gasteiger charge is -2.22. The largest absolute Gasteiger partial charge is 0.325 e. The fourth-order valence-corrected chi connectivity index (χ4v) is 5.07. The van der Waals surface area contributed by atoms with Crippen molar-refractivity contribution in [3.63, 3.8) is 0 Å². The average molecular weight is 357 g/mol. The van der Waals surface area contributed by atoms with Crippen molar-refractivity contribution in [1.82, 2.24) is 0 Å². The standard InChI is InChI=1S/C16H21ClN2O3S/c17-14-11-13(19-9-4-10-23(19,21)22)7-8-15(14)18-16(20)12-5-2-1-3-6-12/h7-8,11-12H,1-6,9-10H2,(H,18,20). The van der Waals surface area contributed by atoms with Gasteiger partial charge in [-0.15, -0.1) is 0 Å². The second kappa shape index (κ2) is 6.69. The Kier molecular flexibility index (Phi) is 4.82. The molecule has 2 fully saturated rings. The lowest BCUT2D eigenvalue weighted by atomic mass is 9.88. The van der Waals surface area contributed by atoms with Crippen LogP contribution >= 0.6 is 11.6 Å². The number of anilines is 2. The van der Waals surface area contributed by atoms with E-state index in [4.69, 9.17) is 11.6 Å². The van der Waals surface area contributed by atoms with Gasteiger partial charge in [0.1, 0.15) is 0 Å². The summed E-state index contributed by atoms with van der Waals surface area (Å²) in [5.74, 6) is 0.233. The first-order valence-electron chi connectivity index (χ1n) is 8.08. The molecule has 0 spiro atoms. The van der Waals surface area contributed by atoms with Crippen LogP contribution in [-0.2, 0) is 14.8 Å². The average Bonchev–Trinajstić information content (AvgIpc) is 2.89. The van der Waals surface area contributed by atoms with Crippen LogP contribution in [0.3, 0.4) is 0 Å². The van der Waals surface area contributed by atoms with Crippen molar-refractivity contribution in [2.75, 3.05) is 21.9 Å². The molecule has 1 heterocycles. The highest BCUT2D eigenvalue weighted by Crippen LogP contribution is 2.32. The third kappa shape index (κ3) is 3.63. The van der Waals surface area contributed by atoms with Crippen molar-refractivity contribution in [2.24, 2.45) is 5.92 Å². The number of benzene rings is 1. The number of rotatable bonds is 3. The first kappa shape index (κ1) is 16.6. The fraction of sp³-hybridized carbons (Fsp3) is 0.562. The van der Waals surface area contributed by atoms with E-state index in [9.17, 15) is 13.2 Å². The summed E-state index contributed by atoms with van der Waals surface area (Å²) in [4.78, 5) is 12.3. The smallest absolute Gasteiger partial charge is 0.235 e. The Morgan fingerprint density at radius 2 is 1.91 bits per heavy atom. The van der Waals surface area contributed by atoms with Gasteiger partial charge in [-0.05, 0) is 37.5 Å². The van der Waals surface area contributed by atoms with Gasteiger partial charge in [-0.1, -0.05) is 30.9 Å². The molecule has 0 radical (unpaired) electrons. The van der Waals surface area contributed by atoms with Crippen LogP contribution in [0.5, 0.6) is 0 Å². The zero-order valence-electron chi connectivity index (χ0n) is 12.9. The first-order chi connectivity index (χ1) is 11.0. The molecule has 0 unspecified atom stereocenters. The molecule has 1 aliphatic heterocycles. The van der Waals surface area contributed by atoms with Crippen molar-refractivity contribution in [3.8, 4) is 0 Å². The second-order valence-corrected chi connectivity index (χ2v) is 8.65. The number of carbonyl (C=O) groups is 1. The number of sulfonamides is 1. The minimum atomic E-state index is -3.22. The van der Waals surface area contributed by atoms with E-state index in [0.717, 1.165) is 25.7 Å². The Balaban J connectivity index is 1.73. The zero-order valence-corrected chi connectivity index (χ0v) is 14.5. The Hall–Kier alpha value is -1.27. The zero-order chi connectivity index (χ0) is 16.4. The van der Waals surface area contributed by atoms with E-state index < -0.39 is 10.0 Å². The molecule has 126 valence electrons. The van der Waals surface area contributed by atoms with Crippen LogP contribution in [0.4, 0.5) is 11.4 Å². The van der Waals surface area contributed by atoms with Crippen molar-refractivity contribution in [1.29, 1.82) is 0 Å². The van der Waals surface area contributed by atoms with Crippen LogP contribution in [0.15, 0.2) is 18.2 Å². The Bertz CT molecular complexity index is 699.